The van der Waals surface area contributed by atoms with E-state index in [0.29, 0.717) is 11.2 Å². The lowest BCUT2D eigenvalue weighted by molar-refractivity contribution is 0.0700. The Balaban J connectivity index is 1.67. The van der Waals surface area contributed by atoms with Crippen LogP contribution in [-0.4, -0.2) is 48.9 Å². The van der Waals surface area contributed by atoms with Crippen molar-refractivity contribution in [1.29, 1.82) is 0 Å². The van der Waals surface area contributed by atoms with E-state index in [9.17, 15) is 4.79 Å². The Labute approximate surface area is 137 Å². The van der Waals surface area contributed by atoms with Crippen molar-refractivity contribution in [1.82, 2.24) is 24.9 Å². The zero-order valence-electron chi connectivity index (χ0n) is 12.4. The molecular weight excluding hydrogens is 310 g/mol. The molecule has 1 aromatic carbocycles. The van der Waals surface area contributed by atoms with Crippen LogP contribution in [0.4, 0.5) is 0 Å². The van der Waals surface area contributed by atoms with E-state index in [4.69, 9.17) is 0 Å². The zero-order chi connectivity index (χ0) is 15.6. The van der Waals surface area contributed by atoms with Gasteiger partial charge < -0.3 is 4.90 Å². The monoisotopic (exact) mass is 325 g/mol. The van der Waals surface area contributed by atoms with Gasteiger partial charge in [-0.15, -0.1) is 5.10 Å². The summed E-state index contributed by atoms with van der Waals surface area (Å²) in [4.78, 5) is 14.9. The number of hydrogen-bond acceptors (Lipinski definition) is 5. The highest BCUT2D eigenvalue weighted by molar-refractivity contribution is 7.99. The van der Waals surface area contributed by atoms with Gasteiger partial charge in [-0.2, -0.15) is 16.3 Å². The predicted octanol–water partition coefficient (Wildman–Crippen LogP) is 2.05. The lowest BCUT2D eigenvalue weighted by Crippen LogP contribution is -2.40. The molecule has 0 radical (unpaired) electrons. The average molecular weight is 325 g/mol. The molecule has 1 fully saturated rings. The molecule has 0 saturated carbocycles. The molecule has 3 aromatic rings. The number of carbonyl (C=O) groups is 1. The summed E-state index contributed by atoms with van der Waals surface area (Å²) in [5, 5.41) is 11.3. The topological polar surface area (TPSA) is 63.4 Å². The van der Waals surface area contributed by atoms with E-state index in [2.05, 4.69) is 27.7 Å². The second-order valence-electron chi connectivity index (χ2n) is 5.40. The fourth-order valence-electron chi connectivity index (χ4n) is 2.83. The number of aromatic nitrogens is 4. The molecule has 1 unspecified atom stereocenters. The van der Waals surface area contributed by atoms with Crippen LogP contribution in [0.1, 0.15) is 22.0 Å². The van der Waals surface area contributed by atoms with Gasteiger partial charge in [0.25, 0.3) is 5.91 Å². The fourth-order valence-corrected chi connectivity index (χ4v) is 3.92. The molecule has 4 rings (SSSR count). The van der Waals surface area contributed by atoms with Crippen molar-refractivity contribution in [2.75, 3.05) is 18.1 Å². The van der Waals surface area contributed by atoms with Crippen molar-refractivity contribution in [2.45, 2.75) is 6.04 Å². The first-order valence-corrected chi connectivity index (χ1v) is 8.60. The molecule has 1 amide bonds. The second-order valence-corrected chi connectivity index (χ2v) is 6.55. The van der Waals surface area contributed by atoms with Crippen molar-refractivity contribution >= 4 is 23.3 Å². The number of amides is 1. The van der Waals surface area contributed by atoms with Crippen LogP contribution in [0.25, 0.3) is 5.65 Å². The molecule has 6 nitrogen and oxygen atoms in total. The minimum Gasteiger partial charge on any atom is -0.330 e. The van der Waals surface area contributed by atoms with Crippen molar-refractivity contribution in [3.05, 3.63) is 59.8 Å². The number of thioether (sulfide) groups is 1. The number of fused-ring (bicyclic) bond motifs is 1. The van der Waals surface area contributed by atoms with Crippen LogP contribution >= 0.6 is 11.8 Å². The van der Waals surface area contributed by atoms with Gasteiger partial charge in [-0.1, -0.05) is 30.3 Å². The summed E-state index contributed by atoms with van der Waals surface area (Å²) < 4.78 is 1.53. The molecule has 1 aliphatic heterocycles. The summed E-state index contributed by atoms with van der Waals surface area (Å²) in [6, 6.07) is 13.9. The molecule has 3 heterocycles. The first kappa shape index (κ1) is 14.2. The van der Waals surface area contributed by atoms with Crippen LogP contribution in [0, 0.1) is 0 Å². The van der Waals surface area contributed by atoms with E-state index in [1.54, 1.807) is 18.3 Å². The van der Waals surface area contributed by atoms with Crippen LogP contribution in [0.2, 0.25) is 0 Å². The Kier molecular flexibility index (Phi) is 3.70. The fraction of sp³-hybridized carbons (Fsp3) is 0.250. The number of rotatable bonds is 2. The molecule has 0 spiro atoms. The maximum atomic E-state index is 13.0. The van der Waals surface area contributed by atoms with Gasteiger partial charge in [0, 0.05) is 24.2 Å². The van der Waals surface area contributed by atoms with E-state index in [1.165, 1.54) is 10.1 Å². The molecule has 1 aliphatic rings. The smallest absolute Gasteiger partial charge is 0.255 e. The summed E-state index contributed by atoms with van der Waals surface area (Å²) in [5.74, 6) is 1.90. The third-order valence-corrected chi connectivity index (χ3v) is 5.03. The van der Waals surface area contributed by atoms with Crippen LogP contribution in [0.5, 0.6) is 0 Å². The Morgan fingerprint density at radius 2 is 2.04 bits per heavy atom. The molecule has 1 atom stereocenters. The summed E-state index contributed by atoms with van der Waals surface area (Å²) in [7, 11) is 0. The highest BCUT2D eigenvalue weighted by atomic mass is 32.2. The van der Waals surface area contributed by atoms with Gasteiger partial charge >= 0.3 is 0 Å². The van der Waals surface area contributed by atoms with E-state index < -0.39 is 0 Å². The van der Waals surface area contributed by atoms with Crippen molar-refractivity contribution < 1.29 is 4.79 Å². The number of benzene rings is 1. The largest absolute Gasteiger partial charge is 0.330 e. The molecule has 0 aliphatic carbocycles. The minimum absolute atomic E-state index is 0.0246. The van der Waals surface area contributed by atoms with Gasteiger partial charge in [0.1, 0.15) is 0 Å². The number of carbonyl (C=O) groups excluding carboxylic acids is 1. The van der Waals surface area contributed by atoms with E-state index >= 15 is 0 Å². The minimum atomic E-state index is 0.0246. The first-order chi connectivity index (χ1) is 11.3. The van der Waals surface area contributed by atoms with Gasteiger partial charge in [-0.05, 0) is 28.1 Å². The van der Waals surface area contributed by atoms with Gasteiger partial charge in [0.15, 0.2) is 5.65 Å². The summed E-state index contributed by atoms with van der Waals surface area (Å²) in [6.07, 6.45) is 1.70. The molecule has 0 N–H and O–H groups in total. The van der Waals surface area contributed by atoms with Crippen molar-refractivity contribution in [2.24, 2.45) is 0 Å². The number of pyridine rings is 1. The number of hydrogen-bond donors (Lipinski definition) is 0. The highest BCUT2D eigenvalue weighted by Gasteiger charge is 2.29. The lowest BCUT2D eigenvalue weighted by atomic mass is 10.1. The van der Waals surface area contributed by atoms with Crippen molar-refractivity contribution in [3.8, 4) is 0 Å². The van der Waals surface area contributed by atoms with Gasteiger partial charge in [0.2, 0.25) is 0 Å². The quantitative estimate of drug-likeness (QED) is 0.721. The molecule has 2 aromatic heterocycles. The number of tetrazole rings is 1. The van der Waals surface area contributed by atoms with Crippen LogP contribution in [0.3, 0.4) is 0 Å². The number of nitrogens with zero attached hydrogens (tertiary/aromatic N) is 5. The van der Waals surface area contributed by atoms with E-state index in [-0.39, 0.29) is 11.9 Å². The van der Waals surface area contributed by atoms with E-state index in [1.807, 2.05) is 34.9 Å². The van der Waals surface area contributed by atoms with Crippen LogP contribution in [-0.2, 0) is 0 Å². The molecule has 116 valence electrons. The van der Waals surface area contributed by atoms with Gasteiger partial charge in [0.05, 0.1) is 11.6 Å². The maximum Gasteiger partial charge on any atom is 0.255 e. The normalized spacial score (nSPS) is 18.3. The Morgan fingerprint density at radius 3 is 2.91 bits per heavy atom. The standard InChI is InChI=1S/C16H15N5OS/c22-16(13-6-7-15-17-18-19-21(15)10-13)20-8-9-23-11-14(20)12-4-2-1-3-5-12/h1-7,10,14H,8-9,11H2. The molecule has 1 saturated heterocycles. The Hall–Kier alpha value is -2.41. The lowest BCUT2D eigenvalue weighted by Gasteiger charge is -2.35. The van der Waals surface area contributed by atoms with Crippen molar-refractivity contribution in [3.63, 3.8) is 0 Å². The van der Waals surface area contributed by atoms with Gasteiger partial charge in [-0.3, -0.25) is 4.79 Å². The first-order valence-electron chi connectivity index (χ1n) is 7.44. The predicted molar refractivity (Wildman–Crippen MR) is 88.3 cm³/mol. The van der Waals surface area contributed by atoms with E-state index in [0.717, 1.165) is 18.1 Å². The third kappa shape index (κ3) is 2.68. The summed E-state index contributed by atoms with van der Waals surface area (Å²) >= 11 is 1.89. The maximum absolute atomic E-state index is 13.0. The third-order valence-electron chi connectivity index (χ3n) is 4.01. The second kappa shape index (κ2) is 6.00. The van der Waals surface area contributed by atoms with Gasteiger partial charge in [-0.25, -0.2) is 0 Å². The molecular formula is C16H15N5OS. The van der Waals surface area contributed by atoms with Crippen LogP contribution < -0.4 is 0 Å². The molecule has 7 heteroatoms. The zero-order valence-corrected chi connectivity index (χ0v) is 13.2. The Morgan fingerprint density at radius 1 is 1.17 bits per heavy atom. The summed E-state index contributed by atoms with van der Waals surface area (Å²) in [5.41, 5.74) is 2.42. The SMILES string of the molecule is O=C(c1ccc2nnnn2c1)N1CCSCC1c1ccccc1. The molecule has 23 heavy (non-hydrogen) atoms. The highest BCUT2D eigenvalue weighted by Crippen LogP contribution is 2.30. The molecule has 0 bridgehead atoms. The summed E-state index contributed by atoms with van der Waals surface area (Å²) in [6.45, 7) is 0.747. The average Bonchev–Trinajstić information content (AvgIpc) is 3.09. The van der Waals surface area contributed by atoms with Crippen LogP contribution in [0.15, 0.2) is 48.7 Å². The Bertz CT molecular complexity index is 835.